The molecule has 0 radical (unpaired) electrons. The Morgan fingerprint density at radius 2 is 1.96 bits per heavy atom. The Morgan fingerprint density at radius 3 is 2.64 bits per heavy atom. The summed E-state index contributed by atoms with van der Waals surface area (Å²) in [7, 11) is 0. The number of Topliss-reactive ketones (excluding diaryl/α,β-unsaturated/α-hetero) is 1. The number of rotatable bonds is 6. The number of hydrogen-bond acceptors (Lipinski definition) is 5. The third kappa shape index (κ3) is 3.82. The molecule has 0 saturated heterocycles. The molecule has 1 aromatic carbocycles. The number of carbonyl (C=O) groups is 2. The molecule has 2 heterocycles. The van der Waals surface area contributed by atoms with E-state index < -0.39 is 0 Å². The van der Waals surface area contributed by atoms with Crippen molar-refractivity contribution in [2.45, 2.75) is 12.8 Å². The van der Waals surface area contributed by atoms with Crippen LogP contribution in [0.25, 0.3) is 5.69 Å². The van der Waals surface area contributed by atoms with Crippen LogP contribution < -0.4 is 5.32 Å². The van der Waals surface area contributed by atoms with Crippen molar-refractivity contribution in [3.05, 3.63) is 64.5 Å². The van der Waals surface area contributed by atoms with E-state index in [1.165, 1.54) is 22.2 Å². The summed E-state index contributed by atoms with van der Waals surface area (Å²) in [6.07, 6.45) is 1.56. The third-order valence-corrected chi connectivity index (χ3v) is 4.43. The highest BCUT2D eigenvalue weighted by atomic mass is 32.1. The number of nitriles is 1. The van der Waals surface area contributed by atoms with Crippen molar-refractivity contribution in [1.29, 1.82) is 5.26 Å². The number of nitrogens with one attached hydrogen (secondary N) is 1. The van der Waals surface area contributed by atoms with Gasteiger partial charge in [0.15, 0.2) is 11.6 Å². The minimum atomic E-state index is -0.334. The maximum atomic E-state index is 12.2. The van der Waals surface area contributed by atoms with E-state index in [4.69, 9.17) is 0 Å². The van der Waals surface area contributed by atoms with E-state index in [-0.39, 0.29) is 30.1 Å². The highest BCUT2D eigenvalue weighted by molar-refractivity contribution is 7.12. The zero-order chi connectivity index (χ0) is 17.6. The summed E-state index contributed by atoms with van der Waals surface area (Å²) in [6, 6.07) is 14.8. The molecule has 0 unspecified atom stereocenters. The highest BCUT2D eigenvalue weighted by Gasteiger charge is 2.16. The summed E-state index contributed by atoms with van der Waals surface area (Å²) in [5.74, 6) is -0.0939. The number of carbonyl (C=O) groups excluding carboxylic acids is 2. The van der Waals surface area contributed by atoms with Crippen LogP contribution in [-0.4, -0.2) is 21.5 Å². The molecule has 0 aliphatic rings. The first-order chi connectivity index (χ1) is 12.2. The van der Waals surface area contributed by atoms with E-state index in [0.717, 1.165) is 5.69 Å². The fraction of sp³-hybridized carbons (Fsp3) is 0.111. The fourth-order valence-corrected chi connectivity index (χ4v) is 2.99. The van der Waals surface area contributed by atoms with Gasteiger partial charge in [-0.3, -0.25) is 9.59 Å². The highest BCUT2D eigenvalue weighted by Crippen LogP contribution is 2.20. The van der Waals surface area contributed by atoms with Crippen LogP contribution in [0.2, 0.25) is 0 Å². The molecule has 3 rings (SSSR count). The summed E-state index contributed by atoms with van der Waals surface area (Å²) in [5.41, 5.74) is 0.996. The molecule has 6 nitrogen and oxygen atoms in total. The zero-order valence-electron chi connectivity index (χ0n) is 13.2. The predicted octanol–water partition coefficient (Wildman–Crippen LogP) is 3.41. The number of hydrogen-bond donors (Lipinski definition) is 1. The lowest BCUT2D eigenvalue weighted by atomic mass is 10.2. The summed E-state index contributed by atoms with van der Waals surface area (Å²) in [5, 5.41) is 17.9. The van der Waals surface area contributed by atoms with E-state index in [1.54, 1.807) is 12.1 Å². The SMILES string of the molecule is N#Cc1cnn(-c2ccccc2)c1NC(=O)CCC(=O)c1cccs1. The molecule has 0 aliphatic carbocycles. The minimum absolute atomic E-state index is 0.0432. The third-order valence-electron chi connectivity index (χ3n) is 3.52. The van der Waals surface area contributed by atoms with Crippen LogP contribution >= 0.6 is 11.3 Å². The van der Waals surface area contributed by atoms with E-state index in [2.05, 4.69) is 10.4 Å². The Kier molecular flexibility index (Phi) is 5.02. The first kappa shape index (κ1) is 16.6. The molecule has 0 aliphatic heterocycles. The Bertz CT molecular complexity index is 924. The van der Waals surface area contributed by atoms with Crippen LogP contribution in [0.15, 0.2) is 54.0 Å². The lowest BCUT2D eigenvalue weighted by Crippen LogP contribution is -2.16. The van der Waals surface area contributed by atoms with Gasteiger partial charge in [0.25, 0.3) is 0 Å². The second kappa shape index (κ2) is 7.55. The lowest BCUT2D eigenvalue weighted by molar-refractivity contribution is -0.116. The average Bonchev–Trinajstić information content (AvgIpc) is 3.30. The molecular formula is C18H14N4O2S. The van der Waals surface area contributed by atoms with Crippen molar-refractivity contribution >= 4 is 28.8 Å². The Balaban J connectivity index is 1.72. The fourth-order valence-electron chi connectivity index (χ4n) is 2.30. The van der Waals surface area contributed by atoms with Gasteiger partial charge in [0.2, 0.25) is 5.91 Å². The molecule has 2 aromatic heterocycles. The molecule has 124 valence electrons. The topological polar surface area (TPSA) is 87.8 Å². The van der Waals surface area contributed by atoms with Crippen LogP contribution in [-0.2, 0) is 4.79 Å². The van der Waals surface area contributed by atoms with Gasteiger partial charge in [-0.2, -0.15) is 10.4 Å². The van der Waals surface area contributed by atoms with Crippen molar-refractivity contribution in [3.63, 3.8) is 0 Å². The monoisotopic (exact) mass is 350 g/mol. The van der Waals surface area contributed by atoms with Crippen molar-refractivity contribution in [1.82, 2.24) is 9.78 Å². The van der Waals surface area contributed by atoms with E-state index in [0.29, 0.717) is 10.7 Å². The van der Waals surface area contributed by atoms with Gasteiger partial charge in [-0.15, -0.1) is 11.3 Å². The van der Waals surface area contributed by atoms with Crippen LogP contribution in [0.1, 0.15) is 28.1 Å². The molecule has 3 aromatic rings. The molecule has 0 atom stereocenters. The van der Waals surface area contributed by atoms with E-state index >= 15 is 0 Å². The van der Waals surface area contributed by atoms with Crippen LogP contribution in [0.3, 0.4) is 0 Å². The summed E-state index contributed by atoms with van der Waals surface area (Å²) in [4.78, 5) is 24.8. The summed E-state index contributed by atoms with van der Waals surface area (Å²) >= 11 is 1.36. The molecular weight excluding hydrogens is 336 g/mol. The normalized spacial score (nSPS) is 10.2. The number of benzene rings is 1. The lowest BCUT2D eigenvalue weighted by Gasteiger charge is -2.09. The largest absolute Gasteiger partial charge is 0.309 e. The number of nitrogens with zero attached hydrogens (tertiary/aromatic N) is 3. The Labute approximate surface area is 148 Å². The van der Waals surface area contributed by atoms with Gasteiger partial charge >= 0.3 is 0 Å². The van der Waals surface area contributed by atoms with Gasteiger partial charge < -0.3 is 5.32 Å². The maximum Gasteiger partial charge on any atom is 0.226 e. The molecule has 1 N–H and O–H groups in total. The first-order valence-electron chi connectivity index (χ1n) is 7.59. The minimum Gasteiger partial charge on any atom is -0.309 e. The predicted molar refractivity (Wildman–Crippen MR) is 94.8 cm³/mol. The van der Waals surface area contributed by atoms with Crippen molar-refractivity contribution in [3.8, 4) is 11.8 Å². The molecule has 1 amide bonds. The zero-order valence-corrected chi connectivity index (χ0v) is 14.0. The maximum absolute atomic E-state index is 12.2. The molecule has 0 spiro atoms. The number of thiophene rings is 1. The number of ketones is 1. The van der Waals surface area contributed by atoms with Gasteiger partial charge in [-0.1, -0.05) is 24.3 Å². The van der Waals surface area contributed by atoms with E-state index in [9.17, 15) is 14.9 Å². The molecule has 0 fully saturated rings. The van der Waals surface area contributed by atoms with Gasteiger partial charge in [0.1, 0.15) is 11.6 Å². The Hall–Kier alpha value is -3.24. The first-order valence-corrected chi connectivity index (χ1v) is 8.47. The molecule has 7 heteroatoms. The number of aromatic nitrogens is 2. The van der Waals surface area contributed by atoms with Crippen molar-refractivity contribution in [2.75, 3.05) is 5.32 Å². The number of para-hydroxylation sites is 1. The molecule has 25 heavy (non-hydrogen) atoms. The quantitative estimate of drug-likeness (QED) is 0.690. The van der Waals surface area contributed by atoms with Gasteiger partial charge in [0, 0.05) is 12.8 Å². The Morgan fingerprint density at radius 1 is 1.16 bits per heavy atom. The van der Waals surface area contributed by atoms with Crippen LogP contribution in [0, 0.1) is 11.3 Å². The standard InChI is InChI=1S/C18H14N4O2S/c19-11-13-12-20-22(14-5-2-1-3-6-14)18(13)21-17(24)9-8-15(23)16-7-4-10-25-16/h1-7,10,12H,8-9H2,(H,21,24). The average molecular weight is 350 g/mol. The van der Waals surface area contributed by atoms with Gasteiger partial charge in [-0.05, 0) is 23.6 Å². The van der Waals surface area contributed by atoms with Crippen molar-refractivity contribution in [2.24, 2.45) is 0 Å². The molecule has 0 saturated carbocycles. The summed E-state index contributed by atoms with van der Waals surface area (Å²) in [6.45, 7) is 0. The van der Waals surface area contributed by atoms with Gasteiger partial charge in [-0.25, -0.2) is 4.68 Å². The smallest absolute Gasteiger partial charge is 0.226 e. The van der Waals surface area contributed by atoms with Gasteiger partial charge in [0.05, 0.1) is 16.8 Å². The summed E-state index contributed by atoms with van der Waals surface area (Å²) < 4.78 is 1.50. The number of amides is 1. The second-order valence-corrected chi connectivity index (χ2v) is 6.16. The van der Waals surface area contributed by atoms with Crippen LogP contribution in [0.5, 0.6) is 0 Å². The molecule has 0 bridgehead atoms. The van der Waals surface area contributed by atoms with E-state index in [1.807, 2.05) is 41.8 Å². The number of anilines is 1. The van der Waals surface area contributed by atoms with Crippen LogP contribution in [0.4, 0.5) is 5.82 Å². The second-order valence-electron chi connectivity index (χ2n) is 5.21. The van der Waals surface area contributed by atoms with Crippen molar-refractivity contribution < 1.29 is 9.59 Å².